The van der Waals surface area contributed by atoms with Crippen LogP contribution in [0.1, 0.15) is 34.4 Å². The lowest BCUT2D eigenvalue weighted by Crippen LogP contribution is -2.40. The first-order valence-electron chi connectivity index (χ1n) is 7.99. The van der Waals surface area contributed by atoms with Gasteiger partial charge in [-0.25, -0.2) is 9.97 Å². The second-order valence-corrected chi connectivity index (χ2v) is 7.02. The first-order chi connectivity index (χ1) is 11.7. The van der Waals surface area contributed by atoms with Crippen molar-refractivity contribution in [2.75, 3.05) is 13.1 Å². The molecule has 0 unspecified atom stereocenters. The SMILES string of the molecule is Cc1nc(C[C@@H]2CCCN(C(=O)c3nc4cccnc4s3)C2)no1. The van der Waals surface area contributed by atoms with Gasteiger partial charge in [0.2, 0.25) is 5.89 Å². The Morgan fingerprint density at radius 3 is 3.17 bits per heavy atom. The van der Waals surface area contributed by atoms with Crippen molar-refractivity contribution < 1.29 is 9.32 Å². The van der Waals surface area contributed by atoms with Crippen molar-refractivity contribution in [1.82, 2.24) is 25.0 Å². The van der Waals surface area contributed by atoms with Crippen molar-refractivity contribution in [3.05, 3.63) is 35.1 Å². The van der Waals surface area contributed by atoms with Crippen LogP contribution in [0.2, 0.25) is 0 Å². The Labute approximate surface area is 142 Å². The van der Waals surface area contributed by atoms with E-state index in [0.29, 0.717) is 23.4 Å². The summed E-state index contributed by atoms with van der Waals surface area (Å²) in [5, 5.41) is 4.47. The zero-order chi connectivity index (χ0) is 16.5. The zero-order valence-corrected chi connectivity index (χ0v) is 14.1. The molecular formula is C16H17N5O2S. The molecule has 3 aromatic heterocycles. The summed E-state index contributed by atoms with van der Waals surface area (Å²) in [6.07, 6.45) is 4.51. The van der Waals surface area contributed by atoms with Gasteiger partial charge >= 0.3 is 0 Å². The largest absolute Gasteiger partial charge is 0.340 e. The number of fused-ring (bicyclic) bond motifs is 1. The minimum atomic E-state index is -0.00741. The van der Waals surface area contributed by atoms with E-state index in [2.05, 4.69) is 20.1 Å². The molecule has 0 aromatic carbocycles. The summed E-state index contributed by atoms with van der Waals surface area (Å²) < 4.78 is 5.03. The van der Waals surface area contributed by atoms with Crippen molar-refractivity contribution in [3.8, 4) is 0 Å². The molecule has 1 aliphatic rings. The quantitative estimate of drug-likeness (QED) is 0.726. The molecule has 8 heteroatoms. The lowest BCUT2D eigenvalue weighted by atomic mass is 9.94. The van der Waals surface area contributed by atoms with E-state index in [1.807, 2.05) is 17.0 Å². The summed E-state index contributed by atoms with van der Waals surface area (Å²) >= 11 is 1.35. The fourth-order valence-corrected chi connectivity index (χ4v) is 3.97. The summed E-state index contributed by atoms with van der Waals surface area (Å²) in [6.45, 7) is 3.26. The molecule has 24 heavy (non-hydrogen) atoms. The molecule has 124 valence electrons. The van der Waals surface area contributed by atoms with Crippen LogP contribution in [0, 0.1) is 12.8 Å². The normalized spacial score (nSPS) is 18.2. The Hall–Kier alpha value is -2.35. The summed E-state index contributed by atoms with van der Waals surface area (Å²) in [5.41, 5.74) is 0.779. The summed E-state index contributed by atoms with van der Waals surface area (Å²) in [4.78, 5) is 28.4. The van der Waals surface area contributed by atoms with Gasteiger partial charge in [0.1, 0.15) is 10.3 Å². The number of piperidine rings is 1. The maximum Gasteiger partial charge on any atom is 0.282 e. The van der Waals surface area contributed by atoms with E-state index < -0.39 is 0 Å². The van der Waals surface area contributed by atoms with E-state index in [4.69, 9.17) is 4.52 Å². The Balaban J connectivity index is 1.47. The maximum atomic E-state index is 12.8. The average molecular weight is 343 g/mol. The first kappa shape index (κ1) is 15.2. The molecule has 7 nitrogen and oxygen atoms in total. The highest BCUT2D eigenvalue weighted by Gasteiger charge is 2.27. The number of hydrogen-bond donors (Lipinski definition) is 0. The van der Waals surface area contributed by atoms with Gasteiger partial charge in [0.15, 0.2) is 10.8 Å². The second kappa shape index (κ2) is 6.27. The Morgan fingerprint density at radius 1 is 1.46 bits per heavy atom. The van der Waals surface area contributed by atoms with Gasteiger partial charge in [-0.05, 0) is 30.9 Å². The van der Waals surface area contributed by atoms with Gasteiger partial charge in [-0.2, -0.15) is 4.98 Å². The second-order valence-electron chi connectivity index (χ2n) is 6.04. The third kappa shape index (κ3) is 3.01. The van der Waals surface area contributed by atoms with Crippen molar-refractivity contribution in [3.63, 3.8) is 0 Å². The zero-order valence-electron chi connectivity index (χ0n) is 13.3. The van der Waals surface area contributed by atoms with Gasteiger partial charge in [-0.3, -0.25) is 4.79 Å². The van der Waals surface area contributed by atoms with Crippen molar-refractivity contribution in [2.24, 2.45) is 5.92 Å². The Kier molecular flexibility index (Phi) is 3.97. The molecule has 1 atom stereocenters. The number of aromatic nitrogens is 4. The molecule has 0 saturated carbocycles. The summed E-state index contributed by atoms with van der Waals surface area (Å²) in [7, 11) is 0. The van der Waals surface area contributed by atoms with Crippen LogP contribution in [0.25, 0.3) is 10.3 Å². The highest BCUT2D eigenvalue weighted by Crippen LogP contribution is 2.25. The molecule has 4 heterocycles. The predicted molar refractivity (Wildman–Crippen MR) is 88.8 cm³/mol. The fraction of sp³-hybridized carbons (Fsp3) is 0.438. The number of aryl methyl sites for hydroxylation is 1. The lowest BCUT2D eigenvalue weighted by molar-refractivity contribution is 0.0671. The van der Waals surface area contributed by atoms with Crippen LogP contribution in [0.15, 0.2) is 22.9 Å². The highest BCUT2D eigenvalue weighted by molar-refractivity contribution is 7.19. The highest BCUT2D eigenvalue weighted by atomic mass is 32.1. The van der Waals surface area contributed by atoms with Gasteiger partial charge in [-0.1, -0.05) is 16.5 Å². The smallest absolute Gasteiger partial charge is 0.282 e. The molecule has 0 aliphatic carbocycles. The van der Waals surface area contributed by atoms with Crippen LogP contribution < -0.4 is 0 Å². The van der Waals surface area contributed by atoms with Crippen LogP contribution in [-0.2, 0) is 6.42 Å². The number of hydrogen-bond acceptors (Lipinski definition) is 7. The molecule has 1 amide bonds. The number of rotatable bonds is 3. The van der Waals surface area contributed by atoms with Gasteiger partial charge < -0.3 is 9.42 Å². The molecule has 1 fully saturated rings. The molecule has 3 aromatic rings. The topological polar surface area (TPSA) is 85.0 Å². The Bertz CT molecular complexity index is 841. The molecule has 0 bridgehead atoms. The third-order valence-electron chi connectivity index (χ3n) is 4.20. The van der Waals surface area contributed by atoms with Crippen LogP contribution in [0.5, 0.6) is 0 Å². The molecule has 1 aliphatic heterocycles. The van der Waals surface area contributed by atoms with Crippen molar-refractivity contribution in [2.45, 2.75) is 26.2 Å². The molecule has 0 spiro atoms. The number of nitrogens with zero attached hydrogens (tertiary/aromatic N) is 5. The fourth-order valence-electron chi connectivity index (χ4n) is 3.10. The maximum absolute atomic E-state index is 12.8. The van der Waals surface area contributed by atoms with Gasteiger partial charge in [-0.15, -0.1) is 0 Å². The number of pyridine rings is 1. The molecule has 0 radical (unpaired) electrons. The summed E-state index contributed by atoms with van der Waals surface area (Å²) in [5.74, 6) is 1.64. The van der Waals surface area contributed by atoms with Crippen LogP contribution in [0.4, 0.5) is 0 Å². The first-order valence-corrected chi connectivity index (χ1v) is 8.81. The minimum Gasteiger partial charge on any atom is -0.340 e. The van der Waals surface area contributed by atoms with Gasteiger partial charge in [0.05, 0.1) is 0 Å². The number of carbonyl (C=O) groups is 1. The minimum absolute atomic E-state index is 0.00741. The van der Waals surface area contributed by atoms with E-state index in [0.717, 1.165) is 42.0 Å². The van der Waals surface area contributed by atoms with E-state index in [1.165, 1.54) is 11.3 Å². The molecule has 0 N–H and O–H groups in total. The number of likely N-dealkylation sites (tertiary alicyclic amines) is 1. The predicted octanol–water partition coefficient (Wildman–Crippen LogP) is 2.48. The number of amides is 1. The van der Waals surface area contributed by atoms with E-state index in [9.17, 15) is 4.79 Å². The van der Waals surface area contributed by atoms with Crippen molar-refractivity contribution >= 4 is 27.6 Å². The average Bonchev–Trinajstić information content (AvgIpc) is 3.20. The van der Waals surface area contributed by atoms with E-state index >= 15 is 0 Å². The van der Waals surface area contributed by atoms with Crippen molar-refractivity contribution in [1.29, 1.82) is 0 Å². The van der Waals surface area contributed by atoms with E-state index in [1.54, 1.807) is 13.1 Å². The molecule has 4 rings (SSSR count). The molecule has 1 saturated heterocycles. The van der Waals surface area contributed by atoms with Crippen LogP contribution in [-0.4, -0.2) is 44.0 Å². The van der Waals surface area contributed by atoms with Gasteiger partial charge in [0.25, 0.3) is 5.91 Å². The Morgan fingerprint density at radius 2 is 2.38 bits per heavy atom. The third-order valence-corrected chi connectivity index (χ3v) is 5.16. The number of carbonyl (C=O) groups excluding carboxylic acids is 1. The monoisotopic (exact) mass is 343 g/mol. The number of thiazole rings is 1. The molecular weight excluding hydrogens is 326 g/mol. The lowest BCUT2D eigenvalue weighted by Gasteiger charge is -2.31. The standard InChI is InChI=1S/C16H17N5O2S/c1-10-18-13(20-23-10)8-11-4-3-7-21(9-11)16(22)15-19-12-5-2-6-17-14(12)24-15/h2,5-6,11H,3-4,7-9H2,1H3/t11-/m0/s1. The van der Waals surface area contributed by atoms with E-state index in [-0.39, 0.29) is 5.91 Å². The van der Waals surface area contributed by atoms with Crippen LogP contribution in [0.3, 0.4) is 0 Å². The summed E-state index contributed by atoms with van der Waals surface area (Å²) in [6, 6.07) is 3.72. The van der Waals surface area contributed by atoms with Gasteiger partial charge in [0, 0.05) is 32.6 Å². The van der Waals surface area contributed by atoms with Crippen LogP contribution >= 0.6 is 11.3 Å².